The van der Waals surface area contributed by atoms with Gasteiger partial charge in [0.2, 0.25) is 0 Å². The van der Waals surface area contributed by atoms with E-state index >= 15 is 0 Å². The number of nitrogens with zero attached hydrogens (tertiary/aromatic N) is 1. The summed E-state index contributed by atoms with van der Waals surface area (Å²) in [6.07, 6.45) is 1.88. The van der Waals surface area contributed by atoms with Gasteiger partial charge in [0.15, 0.2) is 0 Å². The molecule has 0 saturated heterocycles. The smallest absolute Gasteiger partial charge is 0.0530 e. The number of pyridine rings is 1. The largest absolute Gasteiger partial charge is 0.327 e. The maximum atomic E-state index is 6.12. The first-order valence-electron chi connectivity index (χ1n) is 6.20. The van der Waals surface area contributed by atoms with E-state index in [9.17, 15) is 0 Å². The Morgan fingerprint density at radius 3 is 2.41 bits per heavy atom. The third-order valence-corrected chi connectivity index (χ3v) is 3.30. The third-order valence-electron chi connectivity index (χ3n) is 3.30. The van der Waals surface area contributed by atoms with Crippen molar-refractivity contribution in [1.29, 1.82) is 0 Å². The third kappa shape index (κ3) is 2.32. The molecule has 0 saturated carbocycles. The highest BCUT2D eigenvalue weighted by atomic mass is 14.7. The fourth-order valence-electron chi connectivity index (χ4n) is 2.58. The SMILES string of the molecule is CC(C)C(c1nccc2ccccc12)C(C)N. The second-order valence-corrected chi connectivity index (χ2v) is 5.05. The fraction of sp³-hybridized carbons (Fsp3) is 0.400. The fourth-order valence-corrected chi connectivity index (χ4v) is 2.58. The molecule has 0 spiro atoms. The molecule has 0 aliphatic heterocycles. The standard InChI is InChI=1S/C15H20N2/c1-10(2)14(11(3)16)15-13-7-5-4-6-12(13)8-9-17-15/h4-11,14H,16H2,1-3H3. The van der Waals surface area contributed by atoms with Gasteiger partial charge in [-0.05, 0) is 24.3 Å². The van der Waals surface area contributed by atoms with Gasteiger partial charge < -0.3 is 5.73 Å². The molecule has 90 valence electrons. The van der Waals surface area contributed by atoms with Crippen LogP contribution in [-0.2, 0) is 0 Å². The molecule has 0 aliphatic rings. The molecule has 2 rings (SSSR count). The zero-order chi connectivity index (χ0) is 12.4. The van der Waals surface area contributed by atoms with Crippen LogP contribution in [-0.4, -0.2) is 11.0 Å². The minimum atomic E-state index is 0.119. The number of aromatic nitrogens is 1. The molecule has 2 heteroatoms. The van der Waals surface area contributed by atoms with Crippen LogP contribution in [0.3, 0.4) is 0 Å². The van der Waals surface area contributed by atoms with Gasteiger partial charge in [-0.25, -0.2) is 0 Å². The van der Waals surface area contributed by atoms with E-state index in [0.29, 0.717) is 11.8 Å². The quantitative estimate of drug-likeness (QED) is 0.875. The Bertz CT molecular complexity index is 490. The molecule has 0 amide bonds. The molecular weight excluding hydrogens is 208 g/mol. The molecule has 2 aromatic rings. The summed E-state index contributed by atoms with van der Waals surface area (Å²) in [6.45, 7) is 6.48. The average molecular weight is 228 g/mol. The molecule has 1 aromatic heterocycles. The number of fused-ring (bicyclic) bond motifs is 1. The summed E-state index contributed by atoms with van der Waals surface area (Å²) in [7, 11) is 0. The van der Waals surface area contributed by atoms with E-state index in [1.807, 2.05) is 6.20 Å². The molecule has 2 atom stereocenters. The van der Waals surface area contributed by atoms with Crippen molar-refractivity contribution in [3.63, 3.8) is 0 Å². The number of rotatable bonds is 3. The Labute approximate surface area is 103 Å². The van der Waals surface area contributed by atoms with Crippen molar-refractivity contribution in [1.82, 2.24) is 4.98 Å². The molecular formula is C15H20N2. The van der Waals surface area contributed by atoms with Gasteiger partial charge in [0.25, 0.3) is 0 Å². The predicted molar refractivity (Wildman–Crippen MR) is 73.0 cm³/mol. The second-order valence-electron chi connectivity index (χ2n) is 5.05. The van der Waals surface area contributed by atoms with Crippen LogP contribution in [0.1, 0.15) is 32.4 Å². The van der Waals surface area contributed by atoms with Crippen LogP contribution in [0.5, 0.6) is 0 Å². The Morgan fingerprint density at radius 1 is 1.06 bits per heavy atom. The maximum absolute atomic E-state index is 6.12. The van der Waals surface area contributed by atoms with Gasteiger partial charge in [-0.1, -0.05) is 38.1 Å². The highest BCUT2D eigenvalue weighted by Crippen LogP contribution is 2.30. The Kier molecular flexibility index (Phi) is 3.43. The average Bonchev–Trinajstić information content (AvgIpc) is 2.28. The molecule has 2 nitrogen and oxygen atoms in total. The van der Waals surface area contributed by atoms with Crippen molar-refractivity contribution in [2.24, 2.45) is 11.7 Å². The monoisotopic (exact) mass is 228 g/mol. The molecule has 0 radical (unpaired) electrons. The summed E-state index contributed by atoms with van der Waals surface area (Å²) in [4.78, 5) is 4.57. The summed E-state index contributed by atoms with van der Waals surface area (Å²) in [5.41, 5.74) is 7.25. The van der Waals surface area contributed by atoms with Gasteiger partial charge in [0.05, 0.1) is 5.69 Å². The molecule has 0 fully saturated rings. The van der Waals surface area contributed by atoms with Gasteiger partial charge in [-0.3, -0.25) is 4.98 Å². The minimum Gasteiger partial charge on any atom is -0.327 e. The van der Waals surface area contributed by atoms with E-state index in [1.54, 1.807) is 0 Å². The number of benzene rings is 1. The van der Waals surface area contributed by atoms with Crippen LogP contribution in [0, 0.1) is 5.92 Å². The van der Waals surface area contributed by atoms with Crippen molar-refractivity contribution in [3.05, 3.63) is 42.2 Å². The zero-order valence-electron chi connectivity index (χ0n) is 10.7. The van der Waals surface area contributed by atoms with Crippen LogP contribution in [0.15, 0.2) is 36.5 Å². The van der Waals surface area contributed by atoms with Crippen LogP contribution in [0.4, 0.5) is 0 Å². The van der Waals surface area contributed by atoms with Crippen molar-refractivity contribution in [2.45, 2.75) is 32.7 Å². The number of hydrogen-bond acceptors (Lipinski definition) is 2. The van der Waals surface area contributed by atoms with E-state index in [1.165, 1.54) is 10.8 Å². The summed E-state index contributed by atoms with van der Waals surface area (Å²) < 4.78 is 0. The van der Waals surface area contributed by atoms with Gasteiger partial charge in [-0.2, -0.15) is 0 Å². The molecule has 17 heavy (non-hydrogen) atoms. The Morgan fingerprint density at radius 2 is 1.76 bits per heavy atom. The lowest BCUT2D eigenvalue weighted by molar-refractivity contribution is 0.430. The molecule has 2 unspecified atom stereocenters. The van der Waals surface area contributed by atoms with E-state index < -0.39 is 0 Å². The van der Waals surface area contributed by atoms with Crippen LogP contribution in [0.2, 0.25) is 0 Å². The first-order valence-corrected chi connectivity index (χ1v) is 6.20. The number of nitrogens with two attached hydrogens (primary N) is 1. The Balaban J connectivity index is 2.61. The first kappa shape index (κ1) is 12.1. The van der Waals surface area contributed by atoms with Gasteiger partial charge >= 0.3 is 0 Å². The zero-order valence-corrected chi connectivity index (χ0v) is 10.7. The Hall–Kier alpha value is -1.41. The number of hydrogen-bond donors (Lipinski definition) is 1. The summed E-state index contributed by atoms with van der Waals surface area (Å²) in [5, 5.41) is 2.47. The topological polar surface area (TPSA) is 38.9 Å². The van der Waals surface area contributed by atoms with Gasteiger partial charge in [0, 0.05) is 23.5 Å². The summed E-state index contributed by atoms with van der Waals surface area (Å²) in [6, 6.07) is 10.5. The molecule has 0 bridgehead atoms. The highest BCUT2D eigenvalue weighted by molar-refractivity contribution is 5.84. The van der Waals surface area contributed by atoms with E-state index in [-0.39, 0.29) is 6.04 Å². The van der Waals surface area contributed by atoms with E-state index in [0.717, 1.165) is 5.69 Å². The van der Waals surface area contributed by atoms with Crippen LogP contribution >= 0.6 is 0 Å². The van der Waals surface area contributed by atoms with Crippen molar-refractivity contribution in [3.8, 4) is 0 Å². The van der Waals surface area contributed by atoms with E-state index in [2.05, 4.69) is 56.1 Å². The minimum absolute atomic E-state index is 0.119. The summed E-state index contributed by atoms with van der Waals surface area (Å²) >= 11 is 0. The highest BCUT2D eigenvalue weighted by Gasteiger charge is 2.23. The lowest BCUT2D eigenvalue weighted by Crippen LogP contribution is -2.29. The molecule has 0 aliphatic carbocycles. The lowest BCUT2D eigenvalue weighted by Gasteiger charge is -2.25. The normalized spacial score (nSPS) is 15.1. The van der Waals surface area contributed by atoms with Crippen molar-refractivity contribution >= 4 is 10.8 Å². The van der Waals surface area contributed by atoms with Crippen LogP contribution in [0.25, 0.3) is 10.8 Å². The van der Waals surface area contributed by atoms with Crippen LogP contribution < -0.4 is 5.73 Å². The predicted octanol–water partition coefficient (Wildman–Crippen LogP) is 3.32. The molecule has 2 N–H and O–H groups in total. The molecule has 1 heterocycles. The maximum Gasteiger partial charge on any atom is 0.0530 e. The lowest BCUT2D eigenvalue weighted by atomic mass is 9.84. The summed E-state index contributed by atoms with van der Waals surface area (Å²) in [5.74, 6) is 0.800. The van der Waals surface area contributed by atoms with Gasteiger partial charge in [0.1, 0.15) is 0 Å². The van der Waals surface area contributed by atoms with Gasteiger partial charge in [-0.15, -0.1) is 0 Å². The second kappa shape index (κ2) is 4.84. The van der Waals surface area contributed by atoms with Crippen molar-refractivity contribution < 1.29 is 0 Å². The first-order chi connectivity index (χ1) is 8.11. The van der Waals surface area contributed by atoms with Crippen molar-refractivity contribution in [2.75, 3.05) is 0 Å². The molecule has 1 aromatic carbocycles. The van der Waals surface area contributed by atoms with E-state index in [4.69, 9.17) is 5.73 Å².